The van der Waals surface area contributed by atoms with E-state index in [0.29, 0.717) is 6.42 Å². The molecule has 0 spiro atoms. The molecule has 42 heavy (non-hydrogen) atoms. The summed E-state index contributed by atoms with van der Waals surface area (Å²) in [7, 11) is 0. The summed E-state index contributed by atoms with van der Waals surface area (Å²) in [5.41, 5.74) is 6.23. The third kappa shape index (κ3) is 18.4. The van der Waals surface area contributed by atoms with E-state index in [-0.39, 0.29) is 12.8 Å². The molecular weight excluding hydrogens is 534 g/mol. The Hall–Kier alpha value is -1.22. The number of carbonyl (C=O) groups excluding carboxylic acids is 2. The van der Waals surface area contributed by atoms with Crippen LogP contribution in [0.25, 0.3) is 0 Å². The normalized spacial score (nSPS) is 22.3. The van der Waals surface area contributed by atoms with Gasteiger partial charge in [-0.05, 0) is 12.8 Å². The summed E-state index contributed by atoms with van der Waals surface area (Å²) in [6.07, 6.45) is 21.9. The monoisotopic (exact) mass is 599 g/mol. The molecule has 1 unspecified atom stereocenters. The van der Waals surface area contributed by atoms with E-state index in [1.54, 1.807) is 0 Å². The van der Waals surface area contributed by atoms with Crippen LogP contribution in [0.5, 0.6) is 0 Å². The summed E-state index contributed by atoms with van der Waals surface area (Å²) in [6.45, 7) is 3.96. The van der Waals surface area contributed by atoms with Gasteiger partial charge < -0.3 is 30.2 Å². The Bertz CT molecular complexity index is 662. The van der Waals surface area contributed by atoms with E-state index in [1.807, 2.05) is 0 Å². The van der Waals surface area contributed by atoms with E-state index in [4.69, 9.17) is 19.9 Å². The molecule has 0 aromatic rings. The Morgan fingerprint density at radius 3 is 1.36 bits per heavy atom. The average molecular weight is 600 g/mol. The van der Waals surface area contributed by atoms with E-state index in [1.165, 1.54) is 103 Å². The first kappa shape index (κ1) is 38.8. The standard InChI is InChI=1S/C34H65NO7/c1-3-5-7-9-11-13-15-17-19-21-23-25-29(37)41-33-31(35)34(40-28(27-36)32(33)39)42-30(38)26-24-22-20-18-16-14-12-10-8-6-4-2/h28,31-34,36,39H,3-27,35H2,1-2H3/t28-,31-,32-,33-,34?/m1/s1. The summed E-state index contributed by atoms with van der Waals surface area (Å²) in [5, 5.41) is 20.3. The highest BCUT2D eigenvalue weighted by atomic mass is 16.7. The van der Waals surface area contributed by atoms with Gasteiger partial charge in [-0.15, -0.1) is 0 Å². The number of nitrogens with two attached hydrogens (primary N) is 1. The smallest absolute Gasteiger partial charge is 0.308 e. The van der Waals surface area contributed by atoms with Gasteiger partial charge in [-0.1, -0.05) is 142 Å². The van der Waals surface area contributed by atoms with Crippen molar-refractivity contribution in [2.75, 3.05) is 6.61 Å². The molecule has 0 amide bonds. The lowest BCUT2D eigenvalue weighted by Crippen LogP contribution is -2.64. The van der Waals surface area contributed by atoms with Gasteiger partial charge in [0.2, 0.25) is 6.29 Å². The lowest BCUT2D eigenvalue weighted by molar-refractivity contribution is -0.263. The van der Waals surface area contributed by atoms with Crippen molar-refractivity contribution in [1.29, 1.82) is 0 Å². The third-order valence-corrected chi connectivity index (χ3v) is 8.38. The zero-order valence-corrected chi connectivity index (χ0v) is 27.1. The van der Waals surface area contributed by atoms with Crippen LogP contribution in [0.2, 0.25) is 0 Å². The van der Waals surface area contributed by atoms with Crippen molar-refractivity contribution in [1.82, 2.24) is 0 Å². The van der Waals surface area contributed by atoms with Gasteiger partial charge in [0.15, 0.2) is 6.10 Å². The fraction of sp³-hybridized carbons (Fsp3) is 0.941. The number of aliphatic hydroxyl groups is 2. The average Bonchev–Trinajstić information content (AvgIpc) is 2.98. The second-order valence-corrected chi connectivity index (χ2v) is 12.3. The van der Waals surface area contributed by atoms with Gasteiger partial charge in [-0.25, -0.2) is 0 Å². The zero-order chi connectivity index (χ0) is 30.8. The fourth-order valence-corrected chi connectivity index (χ4v) is 5.61. The highest BCUT2D eigenvalue weighted by Gasteiger charge is 2.47. The Morgan fingerprint density at radius 1 is 0.619 bits per heavy atom. The van der Waals surface area contributed by atoms with E-state index in [2.05, 4.69) is 13.8 Å². The van der Waals surface area contributed by atoms with Crippen molar-refractivity contribution in [3.63, 3.8) is 0 Å². The third-order valence-electron chi connectivity index (χ3n) is 8.38. The molecule has 1 fully saturated rings. The lowest BCUT2D eigenvalue weighted by atomic mass is 9.97. The molecule has 1 aliphatic rings. The SMILES string of the molecule is CCCCCCCCCCCCCC(=O)OC1O[C@H](CO)[C@@H](O)[C@H](OC(=O)CCCCCCCCCCCCC)[C@H]1N. The highest BCUT2D eigenvalue weighted by molar-refractivity contribution is 5.70. The molecule has 0 saturated carbocycles. The second kappa shape index (κ2) is 26.2. The minimum Gasteiger partial charge on any atom is -0.458 e. The van der Waals surface area contributed by atoms with Crippen LogP contribution in [0.3, 0.4) is 0 Å². The quantitative estimate of drug-likeness (QED) is 0.0665. The van der Waals surface area contributed by atoms with Crippen molar-refractivity contribution < 1.29 is 34.0 Å². The van der Waals surface area contributed by atoms with Gasteiger partial charge in [-0.2, -0.15) is 0 Å². The van der Waals surface area contributed by atoms with E-state index in [9.17, 15) is 19.8 Å². The molecule has 248 valence electrons. The van der Waals surface area contributed by atoms with Crippen LogP contribution in [0.4, 0.5) is 0 Å². The van der Waals surface area contributed by atoms with Crippen LogP contribution in [0.15, 0.2) is 0 Å². The number of aliphatic hydroxyl groups excluding tert-OH is 2. The van der Waals surface area contributed by atoms with Gasteiger partial charge in [0.05, 0.1) is 6.61 Å². The minimum atomic E-state index is -1.30. The van der Waals surface area contributed by atoms with Crippen molar-refractivity contribution in [3.05, 3.63) is 0 Å². The number of hydrogen-bond donors (Lipinski definition) is 3. The number of unbranched alkanes of at least 4 members (excludes halogenated alkanes) is 20. The van der Waals surface area contributed by atoms with Crippen LogP contribution in [0.1, 0.15) is 168 Å². The number of carbonyl (C=O) groups is 2. The van der Waals surface area contributed by atoms with Crippen molar-refractivity contribution in [3.8, 4) is 0 Å². The molecule has 0 bridgehead atoms. The predicted molar refractivity (Wildman–Crippen MR) is 168 cm³/mol. The van der Waals surface area contributed by atoms with Gasteiger partial charge in [0.25, 0.3) is 0 Å². The summed E-state index contributed by atoms with van der Waals surface area (Å²) in [5.74, 6) is -0.888. The Balaban J connectivity index is 2.26. The molecule has 0 aliphatic carbocycles. The molecule has 0 aromatic heterocycles. The van der Waals surface area contributed by atoms with Crippen LogP contribution in [-0.4, -0.2) is 59.4 Å². The van der Waals surface area contributed by atoms with E-state index in [0.717, 1.165) is 32.1 Å². The zero-order valence-electron chi connectivity index (χ0n) is 27.1. The van der Waals surface area contributed by atoms with Gasteiger partial charge in [-0.3, -0.25) is 9.59 Å². The van der Waals surface area contributed by atoms with Gasteiger partial charge in [0.1, 0.15) is 18.2 Å². The van der Waals surface area contributed by atoms with Crippen molar-refractivity contribution in [2.24, 2.45) is 5.73 Å². The maximum atomic E-state index is 12.5. The molecule has 8 heteroatoms. The number of rotatable bonds is 27. The Labute approximate surface area is 256 Å². The largest absolute Gasteiger partial charge is 0.458 e. The topological polar surface area (TPSA) is 128 Å². The molecule has 1 rings (SSSR count). The Kier molecular flexibility index (Phi) is 24.2. The fourth-order valence-electron chi connectivity index (χ4n) is 5.61. The molecular formula is C34H65NO7. The molecule has 5 atom stereocenters. The summed E-state index contributed by atoms with van der Waals surface area (Å²) in [4.78, 5) is 25.0. The minimum absolute atomic E-state index is 0.237. The molecule has 1 saturated heterocycles. The Morgan fingerprint density at radius 2 is 0.976 bits per heavy atom. The predicted octanol–water partition coefficient (Wildman–Crippen LogP) is 7.25. The lowest BCUT2D eigenvalue weighted by Gasteiger charge is -2.41. The van der Waals surface area contributed by atoms with Crippen LogP contribution in [-0.2, 0) is 23.8 Å². The molecule has 8 nitrogen and oxygen atoms in total. The first-order valence-electron chi connectivity index (χ1n) is 17.5. The van der Waals surface area contributed by atoms with Crippen LogP contribution in [0, 0.1) is 0 Å². The number of esters is 2. The molecule has 1 heterocycles. The maximum absolute atomic E-state index is 12.5. The number of hydrogen-bond acceptors (Lipinski definition) is 8. The van der Waals surface area contributed by atoms with Gasteiger partial charge >= 0.3 is 11.9 Å². The van der Waals surface area contributed by atoms with Crippen molar-refractivity contribution >= 4 is 11.9 Å². The second-order valence-electron chi connectivity index (χ2n) is 12.3. The summed E-state index contributed by atoms with van der Waals surface area (Å²) >= 11 is 0. The van der Waals surface area contributed by atoms with Crippen LogP contribution >= 0.6 is 0 Å². The summed E-state index contributed by atoms with van der Waals surface area (Å²) < 4.78 is 16.6. The molecule has 1 aliphatic heterocycles. The van der Waals surface area contributed by atoms with E-state index >= 15 is 0 Å². The highest BCUT2D eigenvalue weighted by Crippen LogP contribution is 2.25. The van der Waals surface area contributed by atoms with Crippen LogP contribution < -0.4 is 5.73 Å². The number of ether oxygens (including phenoxy) is 3. The van der Waals surface area contributed by atoms with Gasteiger partial charge in [0, 0.05) is 12.8 Å². The van der Waals surface area contributed by atoms with E-state index < -0.39 is 49.2 Å². The molecule has 4 N–H and O–H groups in total. The maximum Gasteiger partial charge on any atom is 0.308 e. The first-order chi connectivity index (χ1) is 20.4. The van der Waals surface area contributed by atoms with Crippen molar-refractivity contribution in [2.45, 2.75) is 199 Å². The summed E-state index contributed by atoms with van der Waals surface area (Å²) in [6, 6.07) is -1.04. The molecule has 0 aromatic carbocycles. The molecule has 0 radical (unpaired) electrons. The first-order valence-corrected chi connectivity index (χ1v) is 17.5.